The van der Waals surface area contributed by atoms with Gasteiger partial charge in [0, 0.05) is 10.0 Å². The average molecular weight is 392 g/mol. The van der Waals surface area contributed by atoms with E-state index in [2.05, 4.69) is 21.2 Å². The first-order valence-electron chi connectivity index (χ1n) is 7.49. The Morgan fingerprint density at radius 3 is 2.54 bits per heavy atom. The zero-order chi connectivity index (χ0) is 17.4. The molecule has 0 spiro atoms. The van der Waals surface area contributed by atoms with Crippen LogP contribution in [-0.2, 0) is 16.1 Å². The topological polar surface area (TPSA) is 64.6 Å². The van der Waals surface area contributed by atoms with Gasteiger partial charge in [0.1, 0.15) is 18.9 Å². The molecule has 0 aliphatic carbocycles. The van der Waals surface area contributed by atoms with Crippen LogP contribution in [0.4, 0.5) is 0 Å². The van der Waals surface area contributed by atoms with Crippen LogP contribution in [0.15, 0.2) is 53.0 Å². The highest BCUT2D eigenvalue weighted by atomic mass is 79.9. The number of amides is 1. The van der Waals surface area contributed by atoms with Crippen molar-refractivity contribution in [2.75, 3.05) is 13.2 Å². The number of hydrogen-bond donors (Lipinski definition) is 1. The van der Waals surface area contributed by atoms with Crippen molar-refractivity contribution >= 4 is 27.8 Å². The van der Waals surface area contributed by atoms with E-state index < -0.39 is 5.97 Å². The minimum Gasteiger partial charge on any atom is -0.494 e. The molecule has 2 rings (SSSR count). The van der Waals surface area contributed by atoms with E-state index in [9.17, 15) is 9.59 Å². The van der Waals surface area contributed by atoms with Crippen molar-refractivity contribution in [3.05, 3.63) is 64.1 Å². The molecule has 0 atom stereocenters. The summed E-state index contributed by atoms with van der Waals surface area (Å²) in [4.78, 5) is 23.7. The van der Waals surface area contributed by atoms with Gasteiger partial charge in [-0.1, -0.05) is 28.1 Å². The zero-order valence-corrected chi connectivity index (χ0v) is 14.8. The van der Waals surface area contributed by atoms with Gasteiger partial charge in [-0.05, 0) is 48.9 Å². The summed E-state index contributed by atoms with van der Waals surface area (Å²) >= 11 is 3.35. The predicted molar refractivity (Wildman–Crippen MR) is 93.9 cm³/mol. The summed E-state index contributed by atoms with van der Waals surface area (Å²) in [5.41, 5.74) is 1.33. The summed E-state index contributed by atoms with van der Waals surface area (Å²) in [6.07, 6.45) is 0. The quantitative estimate of drug-likeness (QED) is 0.735. The lowest BCUT2D eigenvalue weighted by molar-refractivity contribution is -0.143. The van der Waals surface area contributed by atoms with Gasteiger partial charge in [-0.3, -0.25) is 9.59 Å². The first-order chi connectivity index (χ1) is 11.6. The maximum Gasteiger partial charge on any atom is 0.325 e. The molecule has 0 saturated heterocycles. The second-order valence-corrected chi connectivity index (χ2v) is 5.85. The van der Waals surface area contributed by atoms with Crippen LogP contribution < -0.4 is 10.1 Å². The molecule has 5 nitrogen and oxygen atoms in total. The summed E-state index contributed by atoms with van der Waals surface area (Å²) < 4.78 is 11.4. The fourth-order valence-corrected chi connectivity index (χ4v) is 2.41. The molecule has 2 aromatic rings. The number of esters is 1. The van der Waals surface area contributed by atoms with Crippen molar-refractivity contribution < 1.29 is 19.1 Å². The predicted octanol–water partition coefficient (Wildman–Crippen LogP) is 3.32. The molecule has 1 N–H and O–H groups in total. The van der Waals surface area contributed by atoms with Crippen molar-refractivity contribution in [1.82, 2.24) is 5.32 Å². The molecule has 0 saturated carbocycles. The molecule has 6 heteroatoms. The van der Waals surface area contributed by atoms with Gasteiger partial charge in [-0.2, -0.15) is 0 Å². The Balaban J connectivity index is 1.77. The van der Waals surface area contributed by atoms with Gasteiger partial charge >= 0.3 is 5.97 Å². The summed E-state index contributed by atoms with van der Waals surface area (Å²) in [5.74, 6) is -0.130. The minimum atomic E-state index is -0.491. The number of rotatable bonds is 7. The number of nitrogens with one attached hydrogen (secondary N) is 1. The molecule has 1 amide bonds. The number of carbonyl (C=O) groups excluding carboxylic acids is 2. The van der Waals surface area contributed by atoms with Gasteiger partial charge in [-0.15, -0.1) is 0 Å². The van der Waals surface area contributed by atoms with Gasteiger partial charge in [0.2, 0.25) is 0 Å². The van der Waals surface area contributed by atoms with E-state index in [0.29, 0.717) is 17.9 Å². The molecule has 126 valence electrons. The summed E-state index contributed by atoms with van der Waals surface area (Å²) in [6.45, 7) is 2.44. The fourth-order valence-electron chi connectivity index (χ4n) is 1.97. The zero-order valence-electron chi connectivity index (χ0n) is 13.3. The monoisotopic (exact) mass is 391 g/mol. The first kappa shape index (κ1) is 18.0. The molecule has 0 bridgehead atoms. The number of carbonyl (C=O) groups is 2. The Bertz CT molecular complexity index is 700. The van der Waals surface area contributed by atoms with E-state index in [-0.39, 0.29) is 19.1 Å². The second-order valence-electron chi connectivity index (χ2n) is 4.93. The van der Waals surface area contributed by atoms with E-state index in [1.807, 2.05) is 31.2 Å². The molecule has 0 unspecified atom stereocenters. The Labute approximate surface area is 149 Å². The Morgan fingerprint density at radius 2 is 1.88 bits per heavy atom. The first-order valence-corrected chi connectivity index (χ1v) is 8.29. The van der Waals surface area contributed by atoms with E-state index in [1.54, 1.807) is 24.3 Å². The number of hydrogen-bond acceptors (Lipinski definition) is 4. The third-order valence-corrected chi connectivity index (χ3v) is 3.60. The number of benzene rings is 2. The van der Waals surface area contributed by atoms with Crippen LogP contribution in [-0.4, -0.2) is 25.0 Å². The molecule has 0 fully saturated rings. The Morgan fingerprint density at radius 1 is 1.12 bits per heavy atom. The molecule has 24 heavy (non-hydrogen) atoms. The third kappa shape index (κ3) is 5.70. The SMILES string of the molecule is CCOc1ccc(C(=O)NCC(=O)OCc2cccc(Br)c2)cc1. The van der Waals surface area contributed by atoms with Crippen LogP contribution in [0.5, 0.6) is 5.75 Å². The number of ether oxygens (including phenoxy) is 2. The van der Waals surface area contributed by atoms with Crippen LogP contribution in [0.1, 0.15) is 22.8 Å². The Hall–Kier alpha value is -2.34. The highest BCUT2D eigenvalue weighted by Gasteiger charge is 2.09. The standard InChI is InChI=1S/C18H18BrNO4/c1-2-23-16-8-6-14(7-9-16)18(22)20-11-17(21)24-12-13-4-3-5-15(19)10-13/h3-10H,2,11-12H2,1H3,(H,20,22). The molecular formula is C18H18BrNO4. The fraction of sp³-hybridized carbons (Fsp3) is 0.222. The van der Waals surface area contributed by atoms with Crippen molar-refractivity contribution in [3.63, 3.8) is 0 Å². The van der Waals surface area contributed by atoms with Gasteiger partial charge in [0.15, 0.2) is 0 Å². The molecule has 0 aliphatic heterocycles. The van der Waals surface area contributed by atoms with Gasteiger partial charge in [0.05, 0.1) is 6.61 Å². The molecule has 0 heterocycles. The van der Waals surface area contributed by atoms with Crippen LogP contribution in [0.3, 0.4) is 0 Å². The maximum absolute atomic E-state index is 12.0. The van der Waals surface area contributed by atoms with Crippen molar-refractivity contribution in [2.24, 2.45) is 0 Å². The minimum absolute atomic E-state index is 0.164. The molecule has 2 aromatic carbocycles. The highest BCUT2D eigenvalue weighted by Crippen LogP contribution is 2.13. The molecule has 0 radical (unpaired) electrons. The lowest BCUT2D eigenvalue weighted by Crippen LogP contribution is -2.30. The highest BCUT2D eigenvalue weighted by molar-refractivity contribution is 9.10. The smallest absolute Gasteiger partial charge is 0.325 e. The summed E-state index contributed by atoms with van der Waals surface area (Å²) in [6, 6.07) is 14.2. The van der Waals surface area contributed by atoms with Crippen molar-refractivity contribution in [1.29, 1.82) is 0 Å². The molecule has 0 aliphatic rings. The van der Waals surface area contributed by atoms with Crippen LogP contribution in [0.25, 0.3) is 0 Å². The van der Waals surface area contributed by atoms with Gasteiger partial charge in [0.25, 0.3) is 5.91 Å². The van der Waals surface area contributed by atoms with E-state index in [1.165, 1.54) is 0 Å². The van der Waals surface area contributed by atoms with Crippen molar-refractivity contribution in [2.45, 2.75) is 13.5 Å². The summed E-state index contributed by atoms with van der Waals surface area (Å²) in [5, 5.41) is 2.53. The maximum atomic E-state index is 12.0. The summed E-state index contributed by atoms with van der Waals surface area (Å²) in [7, 11) is 0. The molecular weight excluding hydrogens is 374 g/mol. The Kier molecular flexibility index (Phi) is 6.81. The van der Waals surface area contributed by atoms with Crippen molar-refractivity contribution in [3.8, 4) is 5.75 Å². The third-order valence-electron chi connectivity index (χ3n) is 3.11. The lowest BCUT2D eigenvalue weighted by Gasteiger charge is -2.08. The van der Waals surface area contributed by atoms with Crippen LogP contribution >= 0.6 is 15.9 Å². The normalized spacial score (nSPS) is 10.1. The van der Waals surface area contributed by atoms with Crippen LogP contribution in [0, 0.1) is 0 Å². The van der Waals surface area contributed by atoms with E-state index in [0.717, 1.165) is 10.0 Å². The largest absolute Gasteiger partial charge is 0.494 e. The van der Waals surface area contributed by atoms with E-state index >= 15 is 0 Å². The van der Waals surface area contributed by atoms with E-state index in [4.69, 9.17) is 9.47 Å². The average Bonchev–Trinajstić information content (AvgIpc) is 2.59. The van der Waals surface area contributed by atoms with Crippen LogP contribution in [0.2, 0.25) is 0 Å². The molecule has 0 aromatic heterocycles. The van der Waals surface area contributed by atoms with Gasteiger partial charge in [-0.25, -0.2) is 0 Å². The number of halogens is 1. The lowest BCUT2D eigenvalue weighted by atomic mass is 10.2. The second kappa shape index (κ2) is 9.08. The van der Waals surface area contributed by atoms with Gasteiger partial charge < -0.3 is 14.8 Å².